The van der Waals surface area contributed by atoms with Gasteiger partial charge in [0.15, 0.2) is 0 Å². The quantitative estimate of drug-likeness (QED) is 0.317. The van der Waals surface area contributed by atoms with Crippen molar-refractivity contribution in [3.8, 4) is 17.1 Å². The number of carbonyl (C=O) groups is 3. The van der Waals surface area contributed by atoms with E-state index in [0.717, 1.165) is 26.2 Å². The molecule has 0 aromatic carbocycles. The van der Waals surface area contributed by atoms with Crippen molar-refractivity contribution < 1.29 is 42.9 Å². The van der Waals surface area contributed by atoms with Crippen molar-refractivity contribution in [2.75, 3.05) is 46.4 Å². The van der Waals surface area contributed by atoms with Crippen LogP contribution in [0.1, 0.15) is 72.0 Å². The molecule has 2 aromatic rings. The van der Waals surface area contributed by atoms with Crippen molar-refractivity contribution in [1.29, 1.82) is 0 Å². The van der Waals surface area contributed by atoms with E-state index in [-0.39, 0.29) is 36.5 Å². The van der Waals surface area contributed by atoms with Crippen LogP contribution >= 0.6 is 0 Å². The molecule has 2 saturated carbocycles. The molecule has 1 saturated heterocycles. The Morgan fingerprint density at radius 3 is 2.46 bits per heavy atom. The lowest BCUT2D eigenvalue weighted by Gasteiger charge is -2.66. The van der Waals surface area contributed by atoms with E-state index < -0.39 is 70.1 Å². The SMILES string of the molecule is CC(=O)OCC1(C)C2C[C@H](OC(=O)CCN3CCN(C)CC3)[C@@]3(C)Oc4cc(-c5cccnc5)oc(=O)c4[C@H](O)C3[C@@]2(C)CC[C@@H]1OC(C)=O. The summed E-state index contributed by atoms with van der Waals surface area (Å²) in [6, 6.07) is 5.06. The first-order valence-corrected chi connectivity index (χ1v) is 17.5. The van der Waals surface area contributed by atoms with Gasteiger partial charge in [-0.05, 0) is 56.7 Å². The smallest absolute Gasteiger partial charge is 0.345 e. The van der Waals surface area contributed by atoms with E-state index in [0.29, 0.717) is 24.9 Å². The number of aliphatic hydroxyl groups is 1. The average Bonchev–Trinajstić information content (AvgIpc) is 3.06. The molecule has 2 aliphatic heterocycles. The molecule has 13 nitrogen and oxygen atoms in total. The van der Waals surface area contributed by atoms with Gasteiger partial charge in [-0.15, -0.1) is 0 Å². The van der Waals surface area contributed by atoms with Crippen molar-refractivity contribution in [1.82, 2.24) is 14.8 Å². The van der Waals surface area contributed by atoms with Crippen LogP contribution in [-0.2, 0) is 28.6 Å². The Morgan fingerprint density at radius 2 is 1.80 bits per heavy atom. The van der Waals surface area contributed by atoms with Crippen molar-refractivity contribution in [2.45, 2.75) is 84.2 Å². The van der Waals surface area contributed by atoms with Crippen LogP contribution < -0.4 is 10.4 Å². The summed E-state index contributed by atoms with van der Waals surface area (Å²) in [7, 11) is 2.08. The van der Waals surface area contributed by atoms with E-state index in [4.69, 9.17) is 23.4 Å². The van der Waals surface area contributed by atoms with E-state index in [1.54, 1.807) is 30.6 Å². The highest BCUT2D eigenvalue weighted by Crippen LogP contribution is 2.67. The summed E-state index contributed by atoms with van der Waals surface area (Å²) in [5, 5.41) is 12.3. The van der Waals surface area contributed by atoms with E-state index in [1.165, 1.54) is 13.8 Å². The number of fused-ring (bicyclic) bond motifs is 4. The Bertz CT molecular complexity index is 1660. The molecule has 0 bridgehead atoms. The number of ether oxygens (including phenoxy) is 4. The fourth-order valence-corrected chi connectivity index (χ4v) is 9.38. The highest BCUT2D eigenvalue weighted by atomic mass is 16.6. The highest BCUT2D eigenvalue weighted by Gasteiger charge is 2.71. The lowest BCUT2D eigenvalue weighted by molar-refractivity contribution is -0.271. The number of nitrogens with zero attached hydrogens (tertiary/aromatic N) is 3. The molecule has 50 heavy (non-hydrogen) atoms. The van der Waals surface area contributed by atoms with E-state index in [9.17, 15) is 24.3 Å². The maximum Gasteiger partial charge on any atom is 0.345 e. The van der Waals surface area contributed by atoms with Crippen molar-refractivity contribution in [3.05, 3.63) is 46.6 Å². The van der Waals surface area contributed by atoms with Crippen LogP contribution in [0.3, 0.4) is 0 Å². The molecule has 2 aliphatic carbocycles. The standard InChI is InChI=1S/C37H49N3O10/c1-22(41)46-21-36(4)27-19-29(49-30(43)10-13-40-16-14-39(6)15-17-40)37(5)33(35(27,3)11-9-28(36)47-23(2)42)32(44)31-26(50-37)18-25(48-34(31)45)24-8-7-12-38-20-24/h7-8,12,18,20,27-29,32-33,44H,9-11,13-17,19,21H2,1-6H3/t27?,28-,29-,32-,33?,35-,36?,37+/m0/s1. The Morgan fingerprint density at radius 1 is 1.06 bits per heavy atom. The number of rotatable bonds is 8. The number of likely N-dealkylation sites (N-methyl/N-ethyl adjacent to an activating group) is 1. The number of hydrogen-bond donors (Lipinski definition) is 1. The second-order valence-corrected chi connectivity index (χ2v) is 15.2. The minimum Gasteiger partial charge on any atom is -0.482 e. The lowest BCUT2D eigenvalue weighted by atomic mass is 9.42. The van der Waals surface area contributed by atoms with Crippen LogP contribution in [0.2, 0.25) is 0 Å². The van der Waals surface area contributed by atoms with E-state index >= 15 is 0 Å². The zero-order valence-electron chi connectivity index (χ0n) is 29.8. The van der Waals surface area contributed by atoms with Gasteiger partial charge >= 0.3 is 23.5 Å². The second-order valence-electron chi connectivity index (χ2n) is 15.2. The summed E-state index contributed by atoms with van der Waals surface area (Å²) < 4.78 is 30.4. The first-order valence-electron chi connectivity index (χ1n) is 17.5. The molecule has 0 spiro atoms. The van der Waals surface area contributed by atoms with Gasteiger partial charge in [0, 0.05) is 81.9 Å². The molecule has 8 atom stereocenters. The monoisotopic (exact) mass is 695 g/mol. The Balaban J connectivity index is 1.41. The Kier molecular flexibility index (Phi) is 9.88. The highest BCUT2D eigenvalue weighted by molar-refractivity contribution is 5.70. The molecule has 3 fully saturated rings. The van der Waals surface area contributed by atoms with Crippen molar-refractivity contribution in [3.63, 3.8) is 0 Å². The lowest BCUT2D eigenvalue weighted by Crippen LogP contribution is -2.71. The number of aromatic nitrogens is 1. The number of esters is 3. The molecule has 6 rings (SSSR count). The number of aliphatic hydroxyl groups excluding tert-OH is 1. The van der Waals surface area contributed by atoms with Gasteiger partial charge in [-0.1, -0.05) is 13.8 Å². The molecule has 1 N–H and O–H groups in total. The topological polar surface area (TPSA) is 158 Å². The van der Waals surface area contributed by atoms with Crippen LogP contribution in [-0.4, -0.2) is 102 Å². The van der Waals surface area contributed by atoms with Gasteiger partial charge in [-0.25, -0.2) is 4.79 Å². The van der Waals surface area contributed by atoms with Gasteiger partial charge in [0.2, 0.25) is 0 Å². The average molecular weight is 696 g/mol. The van der Waals surface area contributed by atoms with Crippen LogP contribution in [0.4, 0.5) is 0 Å². The van der Waals surface area contributed by atoms with E-state index in [1.807, 2.05) is 20.8 Å². The van der Waals surface area contributed by atoms with Gasteiger partial charge in [-0.2, -0.15) is 0 Å². The van der Waals surface area contributed by atoms with Gasteiger partial charge in [0.05, 0.1) is 12.5 Å². The minimum absolute atomic E-state index is 0.00840. The fraction of sp³-hybridized carbons (Fsp3) is 0.649. The van der Waals surface area contributed by atoms with E-state index in [2.05, 4.69) is 21.8 Å². The van der Waals surface area contributed by atoms with Crippen LogP contribution in [0, 0.1) is 22.7 Å². The van der Waals surface area contributed by atoms with Gasteiger partial charge in [-0.3, -0.25) is 19.4 Å². The molecule has 13 heteroatoms. The molecule has 0 radical (unpaired) electrons. The van der Waals surface area contributed by atoms with Gasteiger partial charge in [0.1, 0.15) is 41.5 Å². The predicted molar refractivity (Wildman–Crippen MR) is 180 cm³/mol. The predicted octanol–water partition coefficient (Wildman–Crippen LogP) is 3.37. The second kappa shape index (κ2) is 13.7. The Hall–Kier alpha value is -3.81. The maximum atomic E-state index is 13.7. The zero-order valence-corrected chi connectivity index (χ0v) is 29.8. The van der Waals surface area contributed by atoms with Crippen molar-refractivity contribution >= 4 is 17.9 Å². The third-order valence-corrected chi connectivity index (χ3v) is 11.9. The summed E-state index contributed by atoms with van der Waals surface area (Å²) in [5.41, 5.74) is -3.15. The maximum absolute atomic E-state index is 13.7. The zero-order chi connectivity index (χ0) is 36.0. The molecule has 4 heterocycles. The summed E-state index contributed by atoms with van der Waals surface area (Å²) >= 11 is 0. The number of hydrogen-bond acceptors (Lipinski definition) is 13. The number of piperazine rings is 1. The molecule has 0 amide bonds. The number of pyridine rings is 1. The van der Waals surface area contributed by atoms with Crippen LogP contribution in [0.5, 0.6) is 5.75 Å². The third-order valence-electron chi connectivity index (χ3n) is 11.9. The summed E-state index contributed by atoms with van der Waals surface area (Å²) in [4.78, 5) is 60.5. The molecule has 3 unspecified atom stereocenters. The molecule has 2 aromatic heterocycles. The minimum atomic E-state index is -1.36. The largest absolute Gasteiger partial charge is 0.482 e. The summed E-state index contributed by atoms with van der Waals surface area (Å²) in [5.74, 6) is -2.13. The van der Waals surface area contributed by atoms with Crippen LogP contribution in [0.15, 0.2) is 39.8 Å². The Labute approximate surface area is 292 Å². The molecular weight excluding hydrogens is 646 g/mol. The first kappa shape index (κ1) is 36.0. The van der Waals surface area contributed by atoms with Crippen molar-refractivity contribution in [2.24, 2.45) is 22.7 Å². The molecule has 4 aliphatic rings. The first-order chi connectivity index (χ1) is 23.7. The summed E-state index contributed by atoms with van der Waals surface area (Å²) in [6.07, 6.45) is 1.67. The summed E-state index contributed by atoms with van der Waals surface area (Å²) in [6.45, 7) is 12.5. The number of carbonyl (C=O) groups excluding carboxylic acids is 3. The van der Waals surface area contributed by atoms with Gasteiger partial charge < -0.3 is 38.3 Å². The molecule has 272 valence electrons. The van der Waals surface area contributed by atoms with Gasteiger partial charge in [0.25, 0.3) is 0 Å². The third kappa shape index (κ3) is 6.55. The molecular formula is C37H49N3O10. The normalized spacial score (nSPS) is 33.9. The fourth-order valence-electron chi connectivity index (χ4n) is 9.38. The van der Waals surface area contributed by atoms with Crippen LogP contribution in [0.25, 0.3) is 11.3 Å².